The van der Waals surface area contributed by atoms with Crippen molar-refractivity contribution in [3.8, 4) is 0 Å². The van der Waals surface area contributed by atoms with Crippen LogP contribution in [0.1, 0.15) is 0 Å². The molecular weight excluding hydrogens is 263 g/mol. The fraction of sp³-hybridized carbons (Fsp3) is 0.111. The van der Waals surface area contributed by atoms with Crippen molar-refractivity contribution in [3.63, 3.8) is 0 Å². The molecule has 0 amide bonds. The number of amidine groups is 2. The Labute approximate surface area is 107 Å². The third-order valence-corrected chi connectivity index (χ3v) is 3.02. The monoisotopic (exact) mass is 270 g/mol. The molecule has 1 atom stereocenters. The molecule has 6 nitrogen and oxygen atoms in total. The maximum Gasteiger partial charge on any atom is 0.171 e. The molecule has 1 aromatic carbocycles. The highest BCUT2D eigenvalue weighted by Gasteiger charge is 2.35. The minimum absolute atomic E-state index is 0.221. The van der Waals surface area contributed by atoms with Crippen LogP contribution in [0.2, 0.25) is 10.0 Å². The van der Waals surface area contributed by atoms with Gasteiger partial charge in [-0.2, -0.15) is 5.43 Å². The van der Waals surface area contributed by atoms with Crippen molar-refractivity contribution in [2.75, 3.05) is 5.12 Å². The lowest BCUT2D eigenvalue weighted by Crippen LogP contribution is -2.44. The zero-order valence-corrected chi connectivity index (χ0v) is 10.00. The van der Waals surface area contributed by atoms with Gasteiger partial charge in [-0.3, -0.25) is 5.43 Å². The molecule has 2 heterocycles. The van der Waals surface area contributed by atoms with Crippen LogP contribution in [-0.2, 0) is 0 Å². The van der Waals surface area contributed by atoms with Gasteiger partial charge in [-0.15, -0.1) is 10.2 Å². The Bertz CT molecular complexity index is 540. The van der Waals surface area contributed by atoms with Crippen LogP contribution >= 0.6 is 23.2 Å². The van der Waals surface area contributed by atoms with Crippen LogP contribution < -0.4 is 21.7 Å². The minimum atomic E-state index is -0.221. The van der Waals surface area contributed by atoms with Gasteiger partial charge in [0.1, 0.15) is 11.9 Å². The molecule has 8 heteroatoms. The number of nitrogens with two attached hydrogens (primary N) is 1. The van der Waals surface area contributed by atoms with Crippen molar-refractivity contribution in [1.82, 2.24) is 10.9 Å². The summed E-state index contributed by atoms with van der Waals surface area (Å²) in [6.45, 7) is 0. The summed E-state index contributed by atoms with van der Waals surface area (Å²) in [5.41, 5.74) is 12.5. The fourth-order valence-corrected chi connectivity index (χ4v) is 2.14. The molecule has 2 aliphatic rings. The molecule has 3 rings (SSSR count). The Morgan fingerprint density at radius 1 is 1.29 bits per heavy atom. The number of hydrogen-bond donors (Lipinski definition) is 3. The topological polar surface area (TPSA) is 78.0 Å². The van der Waals surface area contributed by atoms with Crippen molar-refractivity contribution in [2.45, 2.75) is 6.04 Å². The average Bonchev–Trinajstić information content (AvgIpc) is 2.81. The molecule has 0 aromatic heterocycles. The van der Waals surface area contributed by atoms with Gasteiger partial charge in [-0.1, -0.05) is 23.2 Å². The predicted molar refractivity (Wildman–Crippen MR) is 68.1 cm³/mol. The molecule has 0 bridgehead atoms. The van der Waals surface area contributed by atoms with Gasteiger partial charge in [0.05, 0.1) is 10.7 Å². The number of hydrogen-bond acceptors (Lipinski definition) is 6. The summed E-state index contributed by atoms with van der Waals surface area (Å²) in [7, 11) is 0. The maximum absolute atomic E-state index is 6.10. The zero-order valence-electron chi connectivity index (χ0n) is 8.48. The normalized spacial score (nSPS) is 22.0. The first kappa shape index (κ1) is 10.6. The smallest absolute Gasteiger partial charge is 0.171 e. The molecule has 88 valence electrons. The van der Waals surface area contributed by atoms with Crippen LogP contribution in [0, 0.1) is 0 Å². The van der Waals surface area contributed by atoms with E-state index in [0.29, 0.717) is 21.7 Å². The third kappa shape index (κ3) is 1.70. The largest absolute Gasteiger partial charge is 0.384 e. The number of rotatable bonds is 1. The van der Waals surface area contributed by atoms with Crippen molar-refractivity contribution in [1.29, 1.82) is 0 Å². The van der Waals surface area contributed by atoms with Gasteiger partial charge in [0.2, 0.25) is 0 Å². The van der Waals surface area contributed by atoms with Crippen LogP contribution in [0.25, 0.3) is 0 Å². The van der Waals surface area contributed by atoms with E-state index in [9.17, 15) is 0 Å². The molecule has 17 heavy (non-hydrogen) atoms. The van der Waals surface area contributed by atoms with E-state index in [4.69, 9.17) is 28.9 Å². The molecule has 1 aromatic rings. The number of nitrogens with one attached hydrogen (secondary N) is 2. The van der Waals surface area contributed by atoms with E-state index in [1.165, 1.54) is 0 Å². The number of halogens is 2. The summed E-state index contributed by atoms with van der Waals surface area (Å²) in [6.07, 6.45) is 0. The number of benzene rings is 1. The van der Waals surface area contributed by atoms with E-state index in [1.807, 2.05) is 0 Å². The standard InChI is InChI=1S/C9H8Cl2N6/c10-4-1-2-6(5(11)3-4)17-15-7-8(12)13-14-9(7)16-17/h1-3,7,15H,(H2,12,13)(H,14,16). The molecule has 2 aliphatic heterocycles. The van der Waals surface area contributed by atoms with E-state index in [-0.39, 0.29) is 6.04 Å². The summed E-state index contributed by atoms with van der Waals surface area (Å²) in [4.78, 5) is 0. The van der Waals surface area contributed by atoms with Gasteiger partial charge in [-0.05, 0) is 18.2 Å². The Kier molecular flexibility index (Phi) is 2.36. The quantitative estimate of drug-likeness (QED) is 0.708. The molecule has 0 radical (unpaired) electrons. The fourth-order valence-electron chi connectivity index (χ4n) is 1.65. The second kappa shape index (κ2) is 3.76. The molecule has 1 saturated heterocycles. The van der Waals surface area contributed by atoms with Crippen molar-refractivity contribution in [2.24, 2.45) is 15.9 Å². The van der Waals surface area contributed by atoms with E-state index >= 15 is 0 Å². The minimum Gasteiger partial charge on any atom is -0.384 e. The van der Waals surface area contributed by atoms with Crippen molar-refractivity contribution < 1.29 is 0 Å². The highest BCUT2D eigenvalue weighted by atomic mass is 35.5. The van der Waals surface area contributed by atoms with E-state index in [1.54, 1.807) is 23.3 Å². The summed E-state index contributed by atoms with van der Waals surface area (Å²) >= 11 is 11.9. The highest BCUT2D eigenvalue weighted by Crippen LogP contribution is 2.28. The first-order valence-corrected chi connectivity index (χ1v) is 5.59. The third-order valence-electron chi connectivity index (χ3n) is 2.48. The van der Waals surface area contributed by atoms with E-state index < -0.39 is 0 Å². The summed E-state index contributed by atoms with van der Waals surface area (Å²) in [5, 5.41) is 10.4. The number of hydrazine groups is 2. The van der Waals surface area contributed by atoms with Gasteiger partial charge in [0.15, 0.2) is 5.84 Å². The van der Waals surface area contributed by atoms with Gasteiger partial charge in [-0.25, -0.2) is 5.12 Å². The van der Waals surface area contributed by atoms with E-state index in [2.05, 4.69) is 21.1 Å². The molecule has 4 N–H and O–H groups in total. The Morgan fingerprint density at radius 3 is 2.82 bits per heavy atom. The second-order valence-corrected chi connectivity index (χ2v) is 4.46. The maximum atomic E-state index is 6.10. The van der Waals surface area contributed by atoms with Gasteiger partial charge in [0, 0.05) is 5.02 Å². The van der Waals surface area contributed by atoms with Crippen LogP contribution in [0.3, 0.4) is 0 Å². The Morgan fingerprint density at radius 2 is 2.12 bits per heavy atom. The van der Waals surface area contributed by atoms with Gasteiger partial charge < -0.3 is 5.73 Å². The predicted octanol–water partition coefficient (Wildman–Crippen LogP) is 0.875. The summed E-state index contributed by atoms with van der Waals surface area (Å²) < 4.78 is 0. The molecule has 0 spiro atoms. The van der Waals surface area contributed by atoms with Crippen molar-refractivity contribution in [3.05, 3.63) is 28.2 Å². The average molecular weight is 271 g/mol. The lowest BCUT2D eigenvalue weighted by Gasteiger charge is -2.19. The molecule has 1 fully saturated rings. The second-order valence-electron chi connectivity index (χ2n) is 3.62. The number of anilines is 1. The molecule has 0 saturated carbocycles. The van der Waals surface area contributed by atoms with Gasteiger partial charge in [0.25, 0.3) is 0 Å². The first-order chi connectivity index (χ1) is 8.15. The van der Waals surface area contributed by atoms with Crippen LogP contribution in [0.4, 0.5) is 5.69 Å². The molecule has 0 aliphatic carbocycles. The lowest BCUT2D eigenvalue weighted by molar-refractivity contribution is 0.689. The summed E-state index contributed by atoms with van der Waals surface area (Å²) in [6, 6.07) is 4.98. The van der Waals surface area contributed by atoms with Crippen LogP contribution in [-0.4, -0.2) is 17.7 Å². The van der Waals surface area contributed by atoms with Crippen LogP contribution in [0.15, 0.2) is 28.4 Å². The number of nitrogens with zero attached hydrogens (tertiary/aromatic N) is 3. The zero-order chi connectivity index (χ0) is 12.0. The summed E-state index contributed by atoms with van der Waals surface area (Å²) in [5.74, 6) is 1.06. The number of fused-ring (bicyclic) bond motifs is 1. The lowest BCUT2D eigenvalue weighted by atomic mass is 10.3. The Balaban J connectivity index is 1.88. The van der Waals surface area contributed by atoms with Gasteiger partial charge >= 0.3 is 0 Å². The molecule has 1 unspecified atom stereocenters. The highest BCUT2D eigenvalue weighted by molar-refractivity contribution is 6.36. The molecular formula is C9H8Cl2N6. The van der Waals surface area contributed by atoms with Crippen LogP contribution in [0.5, 0.6) is 0 Å². The van der Waals surface area contributed by atoms with E-state index in [0.717, 1.165) is 5.69 Å². The first-order valence-electron chi connectivity index (χ1n) is 4.84. The SMILES string of the molecule is NC1=NN=C2NN(c3ccc(Cl)cc3Cl)NC12. The Hall–Kier alpha value is -1.50. The van der Waals surface area contributed by atoms with Crippen molar-refractivity contribution >= 4 is 40.6 Å².